The number of carbonyl (C=O) groups excluding carboxylic acids is 1. The minimum atomic E-state index is -0.680. The third-order valence-corrected chi connectivity index (χ3v) is 3.13. The lowest BCUT2D eigenvalue weighted by Crippen LogP contribution is -2.41. The van der Waals surface area contributed by atoms with E-state index in [-0.39, 0.29) is 6.04 Å². The van der Waals surface area contributed by atoms with Gasteiger partial charge in [-0.3, -0.25) is 5.21 Å². The van der Waals surface area contributed by atoms with Gasteiger partial charge >= 0.3 is 6.09 Å². The summed E-state index contributed by atoms with van der Waals surface area (Å²) in [6.07, 6.45) is 5.07. The normalized spacial score (nSPS) is 24.2. The summed E-state index contributed by atoms with van der Waals surface area (Å²) in [7, 11) is 0. The van der Waals surface area contributed by atoms with E-state index in [1.165, 1.54) is 0 Å². The lowest BCUT2D eigenvalue weighted by atomic mass is 9.85. The second kappa shape index (κ2) is 5.74. The summed E-state index contributed by atoms with van der Waals surface area (Å²) in [4.78, 5) is 11.7. The summed E-state index contributed by atoms with van der Waals surface area (Å²) < 4.78 is 5.13. The van der Waals surface area contributed by atoms with Gasteiger partial charge in [0.2, 0.25) is 0 Å². The zero-order chi connectivity index (χ0) is 13.9. The molecule has 0 heterocycles. The lowest BCUT2D eigenvalue weighted by molar-refractivity contribution is -0.113. The van der Waals surface area contributed by atoms with Crippen LogP contribution < -0.4 is 0 Å². The van der Waals surface area contributed by atoms with Crippen molar-refractivity contribution in [2.24, 2.45) is 11.8 Å². The summed E-state index contributed by atoms with van der Waals surface area (Å²) in [5.41, 5.74) is -0.586. The molecular weight excluding hydrogens is 230 g/mol. The second-order valence-corrected chi connectivity index (χ2v) is 6.26. The molecule has 1 rings (SSSR count). The van der Waals surface area contributed by atoms with E-state index in [0.717, 1.165) is 12.8 Å². The summed E-state index contributed by atoms with van der Waals surface area (Å²) >= 11 is 0. The van der Waals surface area contributed by atoms with Crippen molar-refractivity contribution in [1.82, 2.24) is 5.06 Å². The number of carbonyl (C=O) groups is 1. The van der Waals surface area contributed by atoms with Gasteiger partial charge in [-0.05, 0) is 45.4 Å². The molecular formula is C14H25NO3. The zero-order valence-corrected chi connectivity index (χ0v) is 12.0. The number of hydroxylamine groups is 2. The Morgan fingerprint density at radius 2 is 1.94 bits per heavy atom. The van der Waals surface area contributed by atoms with E-state index < -0.39 is 11.7 Å². The highest BCUT2D eigenvalue weighted by Crippen LogP contribution is 2.26. The van der Waals surface area contributed by atoms with E-state index >= 15 is 0 Å². The van der Waals surface area contributed by atoms with Crippen LogP contribution in [0.3, 0.4) is 0 Å². The van der Waals surface area contributed by atoms with Gasteiger partial charge in [-0.1, -0.05) is 26.0 Å². The summed E-state index contributed by atoms with van der Waals surface area (Å²) in [5, 5.41) is 10.5. The number of allylic oxidation sites excluding steroid dienone is 1. The summed E-state index contributed by atoms with van der Waals surface area (Å²) in [6.45, 7) is 9.71. The van der Waals surface area contributed by atoms with Crippen LogP contribution in [0, 0.1) is 11.8 Å². The molecule has 0 bridgehead atoms. The maximum atomic E-state index is 11.7. The van der Waals surface area contributed by atoms with E-state index in [0.29, 0.717) is 16.9 Å². The quantitative estimate of drug-likeness (QED) is 0.466. The van der Waals surface area contributed by atoms with Crippen molar-refractivity contribution < 1.29 is 14.7 Å². The molecule has 0 unspecified atom stereocenters. The first-order chi connectivity index (χ1) is 8.20. The summed E-state index contributed by atoms with van der Waals surface area (Å²) in [5.74, 6) is 1.13. The Labute approximate surface area is 110 Å². The van der Waals surface area contributed by atoms with Crippen LogP contribution >= 0.6 is 0 Å². The molecule has 1 amide bonds. The Hall–Kier alpha value is -1.03. The van der Waals surface area contributed by atoms with Gasteiger partial charge in [0, 0.05) is 0 Å². The molecule has 0 aromatic heterocycles. The van der Waals surface area contributed by atoms with E-state index in [9.17, 15) is 10.0 Å². The molecule has 0 saturated carbocycles. The number of ether oxygens (including phenoxy) is 1. The standard InChI is InChI=1S/C14H25NO3/c1-10(2)11-6-8-12(9-7-11)15(17)13(16)18-14(3,4)5/h6,8,10-12,17H,7,9H2,1-5H3/t11-,12-/m0/s1. The van der Waals surface area contributed by atoms with E-state index in [1.54, 1.807) is 20.8 Å². The average molecular weight is 255 g/mol. The van der Waals surface area contributed by atoms with Gasteiger partial charge < -0.3 is 4.74 Å². The van der Waals surface area contributed by atoms with Crippen molar-refractivity contribution in [3.05, 3.63) is 12.2 Å². The van der Waals surface area contributed by atoms with Crippen molar-refractivity contribution in [3.63, 3.8) is 0 Å². The Morgan fingerprint density at radius 1 is 1.33 bits per heavy atom. The zero-order valence-electron chi connectivity index (χ0n) is 12.0. The van der Waals surface area contributed by atoms with Gasteiger partial charge in [-0.2, -0.15) is 5.06 Å². The smallest absolute Gasteiger partial charge is 0.434 e. The van der Waals surface area contributed by atoms with Gasteiger partial charge in [-0.15, -0.1) is 0 Å². The van der Waals surface area contributed by atoms with Crippen LogP contribution in [0.1, 0.15) is 47.5 Å². The number of hydrogen-bond donors (Lipinski definition) is 1. The molecule has 0 spiro atoms. The first-order valence-electron chi connectivity index (χ1n) is 6.60. The molecule has 0 saturated heterocycles. The third kappa shape index (κ3) is 4.33. The first-order valence-corrected chi connectivity index (χ1v) is 6.60. The molecule has 4 heteroatoms. The fraction of sp³-hybridized carbons (Fsp3) is 0.786. The molecule has 104 valence electrons. The van der Waals surface area contributed by atoms with Gasteiger partial charge in [0.05, 0.1) is 6.04 Å². The maximum Gasteiger partial charge on any atom is 0.434 e. The van der Waals surface area contributed by atoms with Crippen molar-refractivity contribution in [3.8, 4) is 0 Å². The molecule has 2 atom stereocenters. The molecule has 0 aromatic carbocycles. The van der Waals surface area contributed by atoms with Crippen molar-refractivity contribution in [1.29, 1.82) is 0 Å². The van der Waals surface area contributed by atoms with Crippen molar-refractivity contribution in [2.45, 2.75) is 59.1 Å². The lowest BCUT2D eigenvalue weighted by Gasteiger charge is -2.31. The largest absolute Gasteiger partial charge is 0.442 e. The van der Waals surface area contributed by atoms with Crippen LogP contribution in [0.2, 0.25) is 0 Å². The Morgan fingerprint density at radius 3 is 2.33 bits per heavy atom. The fourth-order valence-electron chi connectivity index (χ4n) is 2.03. The van der Waals surface area contributed by atoms with E-state index in [1.807, 2.05) is 6.08 Å². The van der Waals surface area contributed by atoms with Gasteiger partial charge in [-0.25, -0.2) is 4.79 Å². The highest BCUT2D eigenvalue weighted by Gasteiger charge is 2.28. The van der Waals surface area contributed by atoms with Crippen molar-refractivity contribution in [2.75, 3.05) is 0 Å². The number of rotatable bonds is 2. The topological polar surface area (TPSA) is 49.8 Å². The third-order valence-electron chi connectivity index (χ3n) is 3.13. The van der Waals surface area contributed by atoms with Crippen LogP contribution in [0.15, 0.2) is 12.2 Å². The van der Waals surface area contributed by atoms with Crippen LogP contribution in [0.5, 0.6) is 0 Å². The molecule has 0 aliphatic heterocycles. The predicted molar refractivity (Wildman–Crippen MR) is 70.3 cm³/mol. The van der Waals surface area contributed by atoms with Gasteiger partial charge in [0.25, 0.3) is 0 Å². The number of hydrogen-bond acceptors (Lipinski definition) is 3. The molecule has 1 aliphatic rings. The van der Waals surface area contributed by atoms with Crippen LogP contribution in [-0.2, 0) is 4.74 Å². The van der Waals surface area contributed by atoms with Crippen LogP contribution in [0.4, 0.5) is 4.79 Å². The molecule has 0 radical (unpaired) electrons. The number of amides is 1. The van der Waals surface area contributed by atoms with E-state index in [4.69, 9.17) is 4.74 Å². The maximum absolute atomic E-state index is 11.7. The van der Waals surface area contributed by atoms with E-state index in [2.05, 4.69) is 19.9 Å². The molecule has 0 fully saturated rings. The fourth-order valence-corrected chi connectivity index (χ4v) is 2.03. The Balaban J connectivity index is 2.56. The Bertz CT molecular complexity index is 317. The second-order valence-electron chi connectivity index (χ2n) is 6.26. The van der Waals surface area contributed by atoms with Gasteiger partial charge in [0.1, 0.15) is 5.60 Å². The SMILES string of the molecule is CC(C)[C@H]1C=C[C@H](N(O)C(=O)OC(C)(C)C)CC1. The van der Waals surface area contributed by atoms with Crippen LogP contribution in [0.25, 0.3) is 0 Å². The minimum absolute atomic E-state index is 0.269. The summed E-state index contributed by atoms with van der Waals surface area (Å²) in [6, 6.07) is -0.269. The minimum Gasteiger partial charge on any atom is -0.442 e. The van der Waals surface area contributed by atoms with Crippen molar-refractivity contribution >= 4 is 6.09 Å². The highest BCUT2D eigenvalue weighted by molar-refractivity contribution is 5.67. The molecule has 0 aromatic rings. The molecule has 1 aliphatic carbocycles. The monoisotopic (exact) mass is 255 g/mol. The van der Waals surface area contributed by atoms with Crippen LogP contribution in [-0.4, -0.2) is 28.0 Å². The average Bonchev–Trinajstić information content (AvgIpc) is 2.26. The molecule has 4 nitrogen and oxygen atoms in total. The Kier molecular flexibility index (Phi) is 4.79. The molecule has 18 heavy (non-hydrogen) atoms. The predicted octanol–water partition coefficient (Wildman–Crippen LogP) is 3.60. The van der Waals surface area contributed by atoms with Gasteiger partial charge in [0.15, 0.2) is 0 Å². The molecule has 1 N–H and O–H groups in total. The highest BCUT2D eigenvalue weighted by atomic mass is 16.6. The number of nitrogens with zero attached hydrogens (tertiary/aromatic N) is 1. The first kappa shape index (κ1) is 15.0.